The topological polar surface area (TPSA) is 85.2 Å². The zero-order chi connectivity index (χ0) is 20.3. The van der Waals surface area contributed by atoms with E-state index in [-0.39, 0.29) is 6.61 Å². The third-order valence-electron chi connectivity index (χ3n) is 2.54. The van der Waals surface area contributed by atoms with E-state index >= 15 is 0 Å². The Balaban J connectivity index is 0. The molecule has 0 saturated heterocycles. The lowest BCUT2D eigenvalue weighted by Gasteiger charge is -2.38. The predicted molar refractivity (Wildman–Crippen MR) is 110 cm³/mol. The van der Waals surface area contributed by atoms with Crippen molar-refractivity contribution in [3.8, 4) is 0 Å². The zero-order valence-corrected chi connectivity index (χ0v) is 20.2. The lowest BCUT2D eigenvalue weighted by atomic mass is 10.4. The quantitative estimate of drug-likeness (QED) is 0.327. The number of carbonyl (C=O) groups is 1. The van der Waals surface area contributed by atoms with Gasteiger partial charge in [0.1, 0.15) is 12.7 Å². The molecule has 25 heavy (non-hydrogen) atoms. The molecule has 0 rings (SSSR count). The molecule has 0 radical (unpaired) electrons. The first-order valence-corrected chi connectivity index (χ1v) is 18.0. The zero-order valence-electron chi connectivity index (χ0n) is 17.2. The van der Waals surface area contributed by atoms with Crippen LogP contribution in [0.15, 0.2) is 12.7 Å². The number of rotatable bonds is 10. The van der Waals surface area contributed by atoms with Crippen LogP contribution in [0.5, 0.6) is 0 Å². The molecular formula is C16H38O6Si3. The normalized spacial score (nSPS) is 13.5. The summed E-state index contributed by atoms with van der Waals surface area (Å²) in [7, 11) is -4.84. The van der Waals surface area contributed by atoms with Crippen LogP contribution in [0.3, 0.4) is 0 Å². The van der Waals surface area contributed by atoms with Gasteiger partial charge in [-0.15, -0.1) is 0 Å². The summed E-state index contributed by atoms with van der Waals surface area (Å²) in [6.07, 6.45) is 1.16. The highest BCUT2D eigenvalue weighted by atomic mass is 28.5. The molecule has 0 aromatic rings. The highest BCUT2D eigenvalue weighted by molar-refractivity contribution is 6.87. The second kappa shape index (κ2) is 12.2. The minimum Gasteiger partial charge on any atom is -0.460 e. The lowest BCUT2D eigenvalue weighted by molar-refractivity contribution is -0.141. The third-order valence-corrected chi connectivity index (χ3v) is 12.3. The molecule has 150 valence electrons. The van der Waals surface area contributed by atoms with Crippen LogP contribution in [0.25, 0.3) is 0 Å². The van der Waals surface area contributed by atoms with E-state index in [1.54, 1.807) is 0 Å². The number of hydrogen-bond acceptors (Lipinski definition) is 6. The number of hydrogen-bond donors (Lipinski definition) is 2. The minimum atomic E-state index is -1.90. The summed E-state index contributed by atoms with van der Waals surface area (Å²) in [5.74, 6) is -0.604. The molecule has 0 saturated carbocycles. The molecule has 6 nitrogen and oxygen atoms in total. The summed E-state index contributed by atoms with van der Waals surface area (Å²) >= 11 is 0. The number of aliphatic hydroxyl groups is 2. The number of aliphatic hydroxyl groups excluding tert-OH is 2. The molecule has 0 spiro atoms. The second-order valence-electron chi connectivity index (χ2n) is 7.98. The summed E-state index contributed by atoms with van der Waals surface area (Å²) in [6.45, 7) is 20.5. The van der Waals surface area contributed by atoms with Gasteiger partial charge in [0.2, 0.25) is 0 Å². The van der Waals surface area contributed by atoms with E-state index in [1.807, 2.05) is 0 Å². The Morgan fingerprint density at radius 2 is 1.52 bits per heavy atom. The Morgan fingerprint density at radius 1 is 1.08 bits per heavy atom. The van der Waals surface area contributed by atoms with Crippen LogP contribution in [0.4, 0.5) is 0 Å². The third kappa shape index (κ3) is 18.3. The average molecular weight is 411 g/mol. The van der Waals surface area contributed by atoms with Crippen molar-refractivity contribution >= 4 is 31.2 Å². The van der Waals surface area contributed by atoms with E-state index in [1.165, 1.54) is 0 Å². The van der Waals surface area contributed by atoms with Gasteiger partial charge in [0.05, 0.1) is 6.61 Å². The Kier molecular flexibility index (Phi) is 13.1. The maximum Gasteiger partial charge on any atom is 0.330 e. The molecule has 2 N–H and O–H groups in total. The number of carbonyl (C=O) groups excluding carboxylic acids is 1. The van der Waals surface area contributed by atoms with Crippen LogP contribution < -0.4 is 0 Å². The van der Waals surface area contributed by atoms with E-state index < -0.39 is 43.9 Å². The average Bonchev–Trinajstić information content (AvgIpc) is 2.40. The second-order valence-corrected chi connectivity index (χ2v) is 20.8. The molecule has 9 heteroatoms. The molecular weight excluding hydrogens is 372 g/mol. The minimum absolute atomic E-state index is 0.193. The van der Waals surface area contributed by atoms with Crippen molar-refractivity contribution in [2.75, 3.05) is 13.2 Å². The Labute approximate surface area is 156 Å². The van der Waals surface area contributed by atoms with Crippen LogP contribution >= 0.6 is 0 Å². The van der Waals surface area contributed by atoms with Gasteiger partial charge < -0.3 is 23.2 Å². The predicted octanol–water partition coefficient (Wildman–Crippen LogP) is 3.24. The maximum absolute atomic E-state index is 10.3. The molecule has 0 heterocycles. The van der Waals surface area contributed by atoms with Gasteiger partial charge in [-0.2, -0.15) is 0 Å². The molecule has 0 aliphatic carbocycles. The van der Waals surface area contributed by atoms with Crippen molar-refractivity contribution < 1.29 is 28.0 Å². The van der Waals surface area contributed by atoms with E-state index in [2.05, 4.69) is 64.1 Å². The monoisotopic (exact) mass is 410 g/mol. The van der Waals surface area contributed by atoms with Crippen molar-refractivity contribution in [2.24, 2.45) is 0 Å². The van der Waals surface area contributed by atoms with Crippen molar-refractivity contribution in [1.29, 1.82) is 0 Å². The SMILES string of the molecule is C=CC(=O)OCC(O)CO.CCC[Si](C)(O[Si](C)(C)C)O[Si](C)(C)C. The van der Waals surface area contributed by atoms with Gasteiger partial charge in [-0.25, -0.2) is 4.79 Å². The van der Waals surface area contributed by atoms with Gasteiger partial charge in [0.25, 0.3) is 0 Å². The van der Waals surface area contributed by atoms with Crippen LogP contribution in [-0.4, -0.2) is 60.7 Å². The van der Waals surface area contributed by atoms with Gasteiger partial charge in [-0.05, 0) is 51.9 Å². The van der Waals surface area contributed by atoms with E-state index in [9.17, 15) is 4.79 Å². The molecule has 1 atom stereocenters. The van der Waals surface area contributed by atoms with Crippen LogP contribution in [0, 0.1) is 0 Å². The first-order chi connectivity index (χ1) is 11.2. The van der Waals surface area contributed by atoms with Gasteiger partial charge in [0.15, 0.2) is 16.6 Å². The summed E-state index contributed by atoms with van der Waals surface area (Å²) in [6, 6.07) is 1.13. The van der Waals surface area contributed by atoms with Crippen LogP contribution in [-0.2, 0) is 17.8 Å². The van der Waals surface area contributed by atoms with Gasteiger partial charge in [-0.3, -0.25) is 0 Å². The fraction of sp³-hybridized carbons (Fsp3) is 0.812. The summed E-state index contributed by atoms with van der Waals surface area (Å²) in [5.41, 5.74) is 0. The van der Waals surface area contributed by atoms with Crippen molar-refractivity contribution in [3.63, 3.8) is 0 Å². The molecule has 0 amide bonds. The largest absolute Gasteiger partial charge is 0.460 e. The van der Waals surface area contributed by atoms with E-state index in [4.69, 9.17) is 18.4 Å². The highest BCUT2D eigenvalue weighted by Crippen LogP contribution is 2.25. The van der Waals surface area contributed by atoms with Crippen molar-refractivity contribution in [2.45, 2.75) is 71.3 Å². The number of ether oxygens (including phenoxy) is 1. The van der Waals surface area contributed by atoms with Crippen LogP contribution in [0.1, 0.15) is 13.3 Å². The number of esters is 1. The Bertz CT molecular complexity index is 374. The summed E-state index contributed by atoms with van der Waals surface area (Å²) in [4.78, 5) is 10.3. The Hall–Kier alpha value is -0.299. The molecule has 1 unspecified atom stereocenters. The maximum atomic E-state index is 10.3. The smallest absolute Gasteiger partial charge is 0.330 e. The van der Waals surface area contributed by atoms with Gasteiger partial charge in [-0.1, -0.05) is 19.9 Å². The first-order valence-electron chi connectivity index (χ1n) is 8.66. The van der Waals surface area contributed by atoms with Gasteiger partial charge in [0, 0.05) is 6.08 Å². The van der Waals surface area contributed by atoms with E-state index in [0.29, 0.717) is 0 Å². The van der Waals surface area contributed by atoms with E-state index in [0.717, 1.165) is 18.5 Å². The molecule has 0 aromatic heterocycles. The molecule has 0 aromatic carbocycles. The first kappa shape index (κ1) is 26.9. The molecule has 0 fully saturated rings. The summed E-state index contributed by atoms with van der Waals surface area (Å²) < 4.78 is 17.0. The standard InChI is InChI=1S/C10H28O2Si3.C6H10O4/c1-9-10-15(8,11-13(2,3)4)12-14(5,6)7;1-2-6(9)10-4-5(8)3-7/h9-10H2,1-8H3;2,5,7-8H,1,3-4H2. The molecule has 0 bridgehead atoms. The molecule has 0 aliphatic rings. The lowest BCUT2D eigenvalue weighted by Crippen LogP contribution is -2.52. The summed E-state index contributed by atoms with van der Waals surface area (Å²) in [5, 5.41) is 16.9. The van der Waals surface area contributed by atoms with Crippen molar-refractivity contribution in [3.05, 3.63) is 12.7 Å². The van der Waals surface area contributed by atoms with Crippen LogP contribution in [0.2, 0.25) is 51.9 Å². The molecule has 0 aliphatic heterocycles. The fourth-order valence-electron chi connectivity index (χ4n) is 2.16. The van der Waals surface area contributed by atoms with Gasteiger partial charge >= 0.3 is 14.5 Å². The fourth-order valence-corrected chi connectivity index (χ4v) is 14.8. The van der Waals surface area contributed by atoms with Crippen molar-refractivity contribution in [1.82, 2.24) is 0 Å². The Morgan fingerprint density at radius 3 is 1.80 bits per heavy atom. The highest BCUT2D eigenvalue weighted by Gasteiger charge is 2.39.